The Morgan fingerprint density at radius 2 is 1.84 bits per heavy atom. The maximum absolute atomic E-state index is 11.2. The van der Waals surface area contributed by atoms with Crippen molar-refractivity contribution < 1.29 is 9.90 Å². The number of rotatable bonds is 5. The Hall–Kier alpha value is -1.41. The summed E-state index contributed by atoms with van der Waals surface area (Å²) < 4.78 is 0. The molecular weight excluding hydrogens is 236 g/mol. The van der Waals surface area contributed by atoms with Crippen molar-refractivity contribution in [3.8, 4) is 0 Å². The molecule has 0 saturated heterocycles. The van der Waals surface area contributed by atoms with Crippen LogP contribution in [0.2, 0.25) is 0 Å². The van der Waals surface area contributed by atoms with Gasteiger partial charge in [-0.25, -0.2) is 0 Å². The zero-order valence-electron chi connectivity index (χ0n) is 11.4. The number of hydrogen-bond donors (Lipinski definition) is 1. The van der Waals surface area contributed by atoms with Crippen molar-refractivity contribution in [2.24, 2.45) is 0 Å². The van der Waals surface area contributed by atoms with E-state index >= 15 is 0 Å². The van der Waals surface area contributed by atoms with E-state index in [1.165, 1.54) is 5.56 Å². The van der Waals surface area contributed by atoms with Crippen LogP contribution >= 0.6 is 0 Å². The summed E-state index contributed by atoms with van der Waals surface area (Å²) in [5.41, 5.74) is 1.68. The number of carbonyl (C=O) groups excluding carboxylic acids is 1. The maximum Gasteiger partial charge on any atom is 0.133 e. The van der Waals surface area contributed by atoms with Crippen molar-refractivity contribution in [1.29, 1.82) is 0 Å². The molecule has 0 aromatic heterocycles. The largest absolute Gasteiger partial charge is 0.390 e. The lowest BCUT2D eigenvalue weighted by Crippen LogP contribution is -2.34. The van der Waals surface area contributed by atoms with E-state index in [4.69, 9.17) is 0 Å². The van der Waals surface area contributed by atoms with Gasteiger partial charge in [-0.2, -0.15) is 0 Å². The van der Waals surface area contributed by atoms with Crippen LogP contribution in [-0.2, 0) is 4.79 Å². The summed E-state index contributed by atoms with van der Waals surface area (Å²) in [6.45, 7) is 4.11. The molecule has 1 aromatic rings. The van der Waals surface area contributed by atoms with Crippen molar-refractivity contribution in [2.45, 2.75) is 50.5 Å². The highest BCUT2D eigenvalue weighted by Crippen LogP contribution is 2.32. The van der Waals surface area contributed by atoms with Crippen molar-refractivity contribution in [3.05, 3.63) is 42.5 Å². The van der Waals surface area contributed by atoms with E-state index in [1.807, 2.05) is 18.2 Å². The Bertz CT molecular complexity index is 438. The molecular formula is C17H22O2. The first-order valence-electron chi connectivity index (χ1n) is 7.06. The van der Waals surface area contributed by atoms with Crippen molar-refractivity contribution in [3.63, 3.8) is 0 Å². The second-order valence-electron chi connectivity index (χ2n) is 5.59. The molecule has 2 rings (SSSR count). The van der Waals surface area contributed by atoms with E-state index in [2.05, 4.69) is 18.7 Å². The van der Waals surface area contributed by atoms with Gasteiger partial charge in [0.2, 0.25) is 0 Å². The third kappa shape index (κ3) is 4.03. The molecule has 0 spiro atoms. The molecule has 0 amide bonds. The summed E-state index contributed by atoms with van der Waals surface area (Å²) in [5, 5.41) is 10.4. The summed E-state index contributed by atoms with van der Waals surface area (Å²) in [6, 6.07) is 10.2. The smallest absolute Gasteiger partial charge is 0.133 e. The third-order valence-electron chi connectivity index (χ3n) is 4.04. The van der Waals surface area contributed by atoms with Crippen molar-refractivity contribution in [2.75, 3.05) is 0 Å². The van der Waals surface area contributed by atoms with E-state index < -0.39 is 5.60 Å². The summed E-state index contributed by atoms with van der Waals surface area (Å²) in [5.74, 6) is 0.290. The highest BCUT2D eigenvalue weighted by atomic mass is 16.3. The Morgan fingerprint density at radius 1 is 1.21 bits per heavy atom. The molecule has 1 aliphatic rings. The average molecular weight is 258 g/mol. The van der Waals surface area contributed by atoms with Crippen LogP contribution in [0.3, 0.4) is 0 Å². The van der Waals surface area contributed by atoms with Gasteiger partial charge in [-0.3, -0.25) is 4.79 Å². The highest BCUT2D eigenvalue weighted by molar-refractivity contribution is 5.79. The fourth-order valence-electron chi connectivity index (χ4n) is 2.69. The number of aliphatic hydroxyl groups is 1. The van der Waals surface area contributed by atoms with Gasteiger partial charge in [-0.15, -0.1) is 0 Å². The first kappa shape index (κ1) is 14.0. The van der Waals surface area contributed by atoms with Gasteiger partial charge in [-0.1, -0.05) is 36.9 Å². The van der Waals surface area contributed by atoms with Crippen LogP contribution in [0.5, 0.6) is 0 Å². The van der Waals surface area contributed by atoms with Gasteiger partial charge >= 0.3 is 0 Å². The van der Waals surface area contributed by atoms with E-state index in [0.29, 0.717) is 31.5 Å². The van der Waals surface area contributed by atoms with Crippen LogP contribution in [-0.4, -0.2) is 16.5 Å². The molecule has 102 valence electrons. The quantitative estimate of drug-likeness (QED) is 0.873. The molecule has 2 heteroatoms. The van der Waals surface area contributed by atoms with Crippen LogP contribution in [0.15, 0.2) is 36.9 Å². The molecule has 0 unspecified atom stereocenters. The van der Waals surface area contributed by atoms with Crippen LogP contribution in [0.25, 0.3) is 5.57 Å². The lowest BCUT2D eigenvalue weighted by atomic mass is 9.80. The number of hydrogen-bond acceptors (Lipinski definition) is 2. The monoisotopic (exact) mass is 258 g/mol. The van der Waals surface area contributed by atoms with E-state index in [1.54, 1.807) is 0 Å². The van der Waals surface area contributed by atoms with Gasteiger partial charge in [0.15, 0.2) is 0 Å². The fourth-order valence-corrected chi connectivity index (χ4v) is 2.69. The lowest BCUT2D eigenvalue weighted by Gasteiger charge is -2.31. The van der Waals surface area contributed by atoms with Gasteiger partial charge in [0, 0.05) is 12.8 Å². The van der Waals surface area contributed by atoms with Gasteiger partial charge in [-0.05, 0) is 43.2 Å². The minimum atomic E-state index is -0.620. The molecule has 1 aliphatic carbocycles. The second kappa shape index (κ2) is 6.16. The zero-order chi connectivity index (χ0) is 13.7. The molecule has 0 bridgehead atoms. The predicted octanol–water partition coefficient (Wildman–Crippen LogP) is 3.74. The van der Waals surface area contributed by atoms with Crippen LogP contribution < -0.4 is 0 Å². The molecule has 0 heterocycles. The first-order chi connectivity index (χ1) is 9.09. The fraction of sp³-hybridized carbons (Fsp3) is 0.471. The minimum absolute atomic E-state index is 0.290. The van der Waals surface area contributed by atoms with Gasteiger partial charge in [0.25, 0.3) is 0 Å². The maximum atomic E-state index is 11.2. The van der Waals surface area contributed by atoms with Crippen LogP contribution in [0.1, 0.15) is 50.5 Å². The average Bonchev–Trinajstić information content (AvgIpc) is 2.43. The summed E-state index contributed by atoms with van der Waals surface area (Å²) in [6.07, 6.45) is 4.93. The minimum Gasteiger partial charge on any atom is -0.390 e. The molecule has 1 saturated carbocycles. The Morgan fingerprint density at radius 3 is 2.47 bits per heavy atom. The van der Waals surface area contributed by atoms with E-state index in [-0.39, 0.29) is 0 Å². The summed E-state index contributed by atoms with van der Waals surface area (Å²) in [7, 11) is 0. The topological polar surface area (TPSA) is 37.3 Å². The molecule has 1 fully saturated rings. The SMILES string of the molecule is C=C(CCCC1(O)CCC(=O)CC1)c1ccccc1. The van der Waals surface area contributed by atoms with E-state index in [0.717, 1.165) is 24.8 Å². The Balaban J connectivity index is 1.77. The van der Waals surface area contributed by atoms with Crippen molar-refractivity contribution in [1.82, 2.24) is 0 Å². The standard InChI is InChI=1S/C17H22O2/c1-14(15-7-3-2-4-8-15)6-5-11-17(19)12-9-16(18)10-13-17/h2-4,7-8,19H,1,5-6,9-13H2. The Labute approximate surface area is 115 Å². The summed E-state index contributed by atoms with van der Waals surface area (Å²) in [4.78, 5) is 11.2. The number of Topliss-reactive ketones (excluding diaryl/α,β-unsaturated/α-hetero) is 1. The molecule has 0 atom stereocenters. The van der Waals surface area contributed by atoms with Crippen molar-refractivity contribution >= 4 is 11.4 Å². The highest BCUT2D eigenvalue weighted by Gasteiger charge is 2.31. The van der Waals surface area contributed by atoms with Gasteiger partial charge in [0.1, 0.15) is 5.78 Å². The number of carbonyl (C=O) groups is 1. The summed E-state index contributed by atoms with van der Waals surface area (Å²) >= 11 is 0. The number of ketones is 1. The van der Waals surface area contributed by atoms with Crippen LogP contribution in [0, 0.1) is 0 Å². The van der Waals surface area contributed by atoms with Gasteiger partial charge < -0.3 is 5.11 Å². The van der Waals surface area contributed by atoms with Gasteiger partial charge in [0.05, 0.1) is 5.60 Å². The predicted molar refractivity (Wildman–Crippen MR) is 77.8 cm³/mol. The molecule has 1 aromatic carbocycles. The lowest BCUT2D eigenvalue weighted by molar-refractivity contribution is -0.125. The zero-order valence-corrected chi connectivity index (χ0v) is 11.4. The first-order valence-corrected chi connectivity index (χ1v) is 7.06. The van der Waals surface area contributed by atoms with Crippen LogP contribution in [0.4, 0.5) is 0 Å². The molecule has 0 radical (unpaired) electrons. The molecule has 2 nitrogen and oxygen atoms in total. The second-order valence-corrected chi connectivity index (χ2v) is 5.59. The van der Waals surface area contributed by atoms with E-state index in [9.17, 15) is 9.90 Å². The normalized spacial score (nSPS) is 18.3. The third-order valence-corrected chi connectivity index (χ3v) is 4.04. The Kier molecular flexibility index (Phi) is 4.54. The number of benzene rings is 1. The molecule has 1 N–H and O–H groups in total. The molecule has 0 aliphatic heterocycles. The molecule has 19 heavy (non-hydrogen) atoms. The number of allylic oxidation sites excluding steroid dienone is 1.